The summed E-state index contributed by atoms with van der Waals surface area (Å²) in [7, 11) is 0. The summed E-state index contributed by atoms with van der Waals surface area (Å²) >= 11 is 0. The minimum atomic E-state index is 0.0568. The molecule has 0 saturated carbocycles. The summed E-state index contributed by atoms with van der Waals surface area (Å²) in [6.45, 7) is 10.6. The van der Waals surface area contributed by atoms with Crippen LogP contribution in [0, 0.1) is 13.8 Å². The van der Waals surface area contributed by atoms with Gasteiger partial charge in [-0.25, -0.2) is 0 Å². The quantitative estimate of drug-likeness (QED) is 0.670. The number of nitrogens with zero attached hydrogens (tertiary/aromatic N) is 2. The average molecular weight is 214 g/mol. The van der Waals surface area contributed by atoms with Gasteiger partial charge in [0.25, 0.3) is 0 Å². The minimum absolute atomic E-state index is 0.0568. The fourth-order valence-electron chi connectivity index (χ4n) is 1.93. The number of aryl methyl sites for hydroxylation is 2. The number of pyridine rings is 2. The number of hydrogen-bond donors (Lipinski definition) is 0. The van der Waals surface area contributed by atoms with Crippen molar-refractivity contribution in [2.45, 2.75) is 40.0 Å². The number of fused-ring (bicyclic) bond motifs is 1. The van der Waals surface area contributed by atoms with E-state index in [9.17, 15) is 0 Å². The smallest absolute Gasteiger partial charge is 0.0741 e. The Bertz CT molecular complexity index is 531. The zero-order chi connectivity index (χ0) is 11.9. The maximum absolute atomic E-state index is 4.66. The van der Waals surface area contributed by atoms with E-state index < -0.39 is 0 Å². The summed E-state index contributed by atoms with van der Waals surface area (Å²) in [6.07, 6.45) is 0. The second-order valence-electron chi connectivity index (χ2n) is 5.38. The van der Waals surface area contributed by atoms with E-state index in [1.807, 2.05) is 13.8 Å². The van der Waals surface area contributed by atoms with Gasteiger partial charge in [0.05, 0.1) is 11.2 Å². The molecule has 2 aromatic heterocycles. The molecule has 84 valence electrons. The second kappa shape index (κ2) is 3.55. The van der Waals surface area contributed by atoms with Crippen LogP contribution in [-0.2, 0) is 5.41 Å². The molecule has 16 heavy (non-hydrogen) atoms. The molecule has 0 aliphatic carbocycles. The highest BCUT2D eigenvalue weighted by Crippen LogP contribution is 2.28. The Morgan fingerprint density at radius 2 is 1.62 bits per heavy atom. The van der Waals surface area contributed by atoms with Crippen LogP contribution < -0.4 is 0 Å². The van der Waals surface area contributed by atoms with Gasteiger partial charge in [-0.1, -0.05) is 20.8 Å². The average Bonchev–Trinajstić information content (AvgIpc) is 2.14. The first kappa shape index (κ1) is 11.1. The van der Waals surface area contributed by atoms with Crippen LogP contribution in [0.4, 0.5) is 0 Å². The van der Waals surface area contributed by atoms with E-state index in [2.05, 4.69) is 48.9 Å². The van der Waals surface area contributed by atoms with Crippen molar-refractivity contribution in [2.24, 2.45) is 0 Å². The molecule has 2 aromatic rings. The van der Waals surface area contributed by atoms with Crippen LogP contribution in [0.5, 0.6) is 0 Å². The molecule has 0 fully saturated rings. The molecule has 2 nitrogen and oxygen atoms in total. The molecule has 2 heteroatoms. The molecule has 0 bridgehead atoms. The van der Waals surface area contributed by atoms with Gasteiger partial charge in [0, 0.05) is 22.2 Å². The number of hydrogen-bond acceptors (Lipinski definition) is 2. The van der Waals surface area contributed by atoms with E-state index in [0.29, 0.717) is 0 Å². The normalized spacial score (nSPS) is 12.1. The zero-order valence-electron chi connectivity index (χ0n) is 10.6. The van der Waals surface area contributed by atoms with E-state index in [-0.39, 0.29) is 5.41 Å². The van der Waals surface area contributed by atoms with Gasteiger partial charge in [0.1, 0.15) is 0 Å². The molecule has 0 radical (unpaired) electrons. The van der Waals surface area contributed by atoms with Gasteiger partial charge >= 0.3 is 0 Å². The molecular weight excluding hydrogens is 196 g/mol. The van der Waals surface area contributed by atoms with Crippen LogP contribution in [-0.4, -0.2) is 9.97 Å². The lowest BCUT2D eigenvalue weighted by Crippen LogP contribution is -2.15. The van der Waals surface area contributed by atoms with Crippen molar-refractivity contribution in [3.63, 3.8) is 0 Å². The molecule has 0 aromatic carbocycles. The number of rotatable bonds is 0. The molecule has 0 N–H and O–H groups in total. The highest BCUT2D eigenvalue weighted by Gasteiger charge is 2.19. The van der Waals surface area contributed by atoms with Crippen molar-refractivity contribution in [3.05, 3.63) is 35.3 Å². The molecular formula is C14H18N2. The third-order valence-corrected chi connectivity index (χ3v) is 2.66. The monoisotopic (exact) mass is 214 g/mol. The standard InChI is InChI=1S/C14H18N2/c1-9-6-7-11-12(15-9)8-10(2)16-13(11)14(3,4)5/h6-8H,1-5H3. The Kier molecular flexibility index (Phi) is 2.45. The minimum Gasteiger partial charge on any atom is -0.257 e. The van der Waals surface area contributed by atoms with Crippen LogP contribution in [0.1, 0.15) is 37.9 Å². The van der Waals surface area contributed by atoms with Gasteiger partial charge in [0.15, 0.2) is 0 Å². The maximum atomic E-state index is 4.66. The predicted molar refractivity (Wildman–Crippen MR) is 67.7 cm³/mol. The topological polar surface area (TPSA) is 25.8 Å². The largest absolute Gasteiger partial charge is 0.257 e. The Balaban J connectivity index is 2.83. The second-order valence-corrected chi connectivity index (χ2v) is 5.38. The van der Waals surface area contributed by atoms with E-state index in [4.69, 9.17) is 0 Å². The SMILES string of the molecule is Cc1cc2nc(C)ccc2c(C(C)(C)C)n1. The molecule has 0 aliphatic rings. The predicted octanol–water partition coefficient (Wildman–Crippen LogP) is 3.54. The lowest BCUT2D eigenvalue weighted by molar-refractivity contribution is 0.573. The first-order valence-electron chi connectivity index (χ1n) is 5.63. The zero-order valence-corrected chi connectivity index (χ0v) is 10.6. The van der Waals surface area contributed by atoms with Gasteiger partial charge in [0.2, 0.25) is 0 Å². The van der Waals surface area contributed by atoms with Crippen molar-refractivity contribution < 1.29 is 0 Å². The maximum Gasteiger partial charge on any atom is 0.0741 e. The molecule has 2 heterocycles. The molecule has 0 aliphatic heterocycles. The van der Waals surface area contributed by atoms with Crippen LogP contribution >= 0.6 is 0 Å². The van der Waals surface area contributed by atoms with Crippen molar-refractivity contribution >= 4 is 10.9 Å². The highest BCUT2D eigenvalue weighted by molar-refractivity contribution is 5.82. The van der Waals surface area contributed by atoms with Crippen LogP contribution in [0.15, 0.2) is 18.2 Å². The van der Waals surface area contributed by atoms with Gasteiger partial charge in [-0.15, -0.1) is 0 Å². The van der Waals surface area contributed by atoms with Crippen molar-refractivity contribution in [2.75, 3.05) is 0 Å². The Hall–Kier alpha value is -1.44. The Morgan fingerprint density at radius 3 is 2.25 bits per heavy atom. The summed E-state index contributed by atoms with van der Waals surface area (Å²) in [5.41, 5.74) is 4.34. The lowest BCUT2D eigenvalue weighted by atomic mass is 9.89. The third-order valence-electron chi connectivity index (χ3n) is 2.66. The van der Waals surface area contributed by atoms with E-state index in [1.165, 1.54) is 5.39 Å². The molecule has 0 spiro atoms. The van der Waals surface area contributed by atoms with Crippen LogP contribution in [0.3, 0.4) is 0 Å². The fourth-order valence-corrected chi connectivity index (χ4v) is 1.93. The highest BCUT2D eigenvalue weighted by atomic mass is 14.8. The van der Waals surface area contributed by atoms with Crippen molar-refractivity contribution in [1.82, 2.24) is 9.97 Å². The van der Waals surface area contributed by atoms with Crippen molar-refractivity contribution in [1.29, 1.82) is 0 Å². The first-order chi connectivity index (χ1) is 7.38. The Morgan fingerprint density at radius 1 is 0.938 bits per heavy atom. The van der Waals surface area contributed by atoms with Gasteiger partial charge < -0.3 is 0 Å². The summed E-state index contributed by atoms with van der Waals surface area (Å²) in [4.78, 5) is 9.23. The first-order valence-corrected chi connectivity index (χ1v) is 5.63. The fraction of sp³-hybridized carbons (Fsp3) is 0.429. The lowest BCUT2D eigenvalue weighted by Gasteiger charge is -2.20. The molecule has 0 unspecified atom stereocenters. The Labute approximate surface area is 96.7 Å². The number of aromatic nitrogens is 2. The summed E-state index contributed by atoms with van der Waals surface area (Å²) in [6, 6.07) is 6.23. The van der Waals surface area contributed by atoms with E-state index >= 15 is 0 Å². The van der Waals surface area contributed by atoms with E-state index in [0.717, 1.165) is 22.6 Å². The van der Waals surface area contributed by atoms with Crippen LogP contribution in [0.2, 0.25) is 0 Å². The van der Waals surface area contributed by atoms with Gasteiger partial charge in [-0.2, -0.15) is 0 Å². The summed E-state index contributed by atoms with van der Waals surface area (Å²) in [5, 5.41) is 1.17. The van der Waals surface area contributed by atoms with Crippen LogP contribution in [0.25, 0.3) is 10.9 Å². The van der Waals surface area contributed by atoms with Gasteiger partial charge in [-0.3, -0.25) is 9.97 Å². The molecule has 0 amide bonds. The molecule has 0 atom stereocenters. The summed E-state index contributed by atoms with van der Waals surface area (Å²) < 4.78 is 0. The van der Waals surface area contributed by atoms with Gasteiger partial charge in [-0.05, 0) is 32.0 Å². The van der Waals surface area contributed by atoms with Crippen molar-refractivity contribution in [3.8, 4) is 0 Å². The third kappa shape index (κ3) is 1.92. The van der Waals surface area contributed by atoms with E-state index in [1.54, 1.807) is 0 Å². The molecule has 2 rings (SSSR count). The molecule has 0 saturated heterocycles. The summed E-state index contributed by atoms with van der Waals surface area (Å²) in [5.74, 6) is 0.